The van der Waals surface area contributed by atoms with Crippen molar-refractivity contribution in [2.45, 2.75) is 31.3 Å². The van der Waals surface area contributed by atoms with E-state index in [9.17, 15) is 20.0 Å². The molecule has 1 aliphatic carbocycles. The van der Waals surface area contributed by atoms with E-state index in [2.05, 4.69) is 0 Å². The van der Waals surface area contributed by atoms with Crippen molar-refractivity contribution in [3.05, 3.63) is 33.9 Å². The van der Waals surface area contributed by atoms with Crippen molar-refractivity contribution in [3.63, 3.8) is 0 Å². The number of anilines is 1. The molecule has 0 spiro atoms. The summed E-state index contributed by atoms with van der Waals surface area (Å²) in [4.78, 5) is 24.0. The van der Waals surface area contributed by atoms with Crippen LogP contribution in [0.15, 0.2) is 18.2 Å². The average Bonchev–Trinajstić information content (AvgIpc) is 2.84. The molecule has 1 fully saturated rings. The van der Waals surface area contributed by atoms with Gasteiger partial charge in [0.1, 0.15) is 5.69 Å². The van der Waals surface area contributed by atoms with Crippen LogP contribution in [0, 0.1) is 10.1 Å². The predicted octanol–water partition coefficient (Wildman–Crippen LogP) is 1.55. The van der Waals surface area contributed by atoms with Crippen LogP contribution in [0.5, 0.6) is 0 Å². The highest BCUT2D eigenvalue weighted by Gasteiger charge is 2.34. The van der Waals surface area contributed by atoms with Crippen LogP contribution >= 0.6 is 0 Å². The van der Waals surface area contributed by atoms with E-state index in [1.807, 2.05) is 0 Å². The lowest BCUT2D eigenvalue weighted by molar-refractivity contribution is -0.383. The molecule has 0 aromatic heterocycles. The lowest BCUT2D eigenvalue weighted by atomic mass is 10.0. The van der Waals surface area contributed by atoms with Gasteiger partial charge in [-0.15, -0.1) is 0 Å². The topological polar surface area (TPSA) is 110 Å². The van der Waals surface area contributed by atoms with Crippen molar-refractivity contribution in [2.24, 2.45) is 0 Å². The quantitative estimate of drug-likeness (QED) is 0.497. The fraction of sp³-hybridized carbons (Fsp3) is 0.500. The van der Waals surface area contributed by atoms with E-state index >= 15 is 0 Å². The van der Waals surface area contributed by atoms with E-state index in [1.165, 1.54) is 23.1 Å². The summed E-state index contributed by atoms with van der Waals surface area (Å²) in [6.07, 6.45) is 3.21. The number of hydrogen-bond donors (Lipinski definition) is 2. The van der Waals surface area contributed by atoms with Crippen molar-refractivity contribution in [1.82, 2.24) is 4.90 Å². The van der Waals surface area contributed by atoms with Crippen molar-refractivity contribution in [2.75, 3.05) is 19.3 Å². The number of nitro benzene ring substituents is 1. The van der Waals surface area contributed by atoms with Gasteiger partial charge in [0, 0.05) is 19.7 Å². The summed E-state index contributed by atoms with van der Waals surface area (Å²) < 4.78 is 0. The molecule has 1 saturated carbocycles. The maximum atomic E-state index is 12.4. The second-order valence-electron chi connectivity index (χ2n) is 5.59. The molecule has 0 bridgehead atoms. The Hall–Kier alpha value is -2.15. The summed E-state index contributed by atoms with van der Waals surface area (Å²) in [6.45, 7) is 0.202. The van der Waals surface area contributed by atoms with E-state index in [0.29, 0.717) is 12.8 Å². The van der Waals surface area contributed by atoms with Gasteiger partial charge < -0.3 is 15.7 Å². The number of para-hydroxylation sites is 1. The third-order valence-electron chi connectivity index (χ3n) is 3.92. The van der Waals surface area contributed by atoms with Crippen molar-refractivity contribution < 1.29 is 14.8 Å². The molecular formula is C14H19N3O4. The number of nitrogen functional groups attached to an aromatic ring is 1. The Kier molecular flexibility index (Phi) is 4.13. The molecule has 7 heteroatoms. The highest BCUT2D eigenvalue weighted by Crippen LogP contribution is 2.31. The molecule has 0 atom stereocenters. The Morgan fingerprint density at radius 3 is 2.67 bits per heavy atom. The number of amides is 1. The molecule has 114 valence electrons. The van der Waals surface area contributed by atoms with Gasteiger partial charge in [-0.05, 0) is 18.9 Å². The molecular weight excluding hydrogens is 274 g/mol. The Labute approximate surface area is 122 Å². The number of carbonyl (C=O) groups is 1. The van der Waals surface area contributed by atoms with Crippen LogP contribution in [-0.4, -0.2) is 40.0 Å². The van der Waals surface area contributed by atoms with Crippen molar-refractivity contribution >= 4 is 17.3 Å². The van der Waals surface area contributed by atoms with E-state index in [4.69, 9.17) is 5.73 Å². The maximum absolute atomic E-state index is 12.4. The number of carbonyl (C=O) groups excluding carboxylic acids is 1. The summed E-state index contributed by atoms with van der Waals surface area (Å²) in [7, 11) is 1.57. The summed E-state index contributed by atoms with van der Waals surface area (Å²) in [5.74, 6) is -0.420. The van der Waals surface area contributed by atoms with Gasteiger partial charge in [0.25, 0.3) is 11.6 Å². The second-order valence-corrected chi connectivity index (χ2v) is 5.59. The lowest BCUT2D eigenvalue weighted by Gasteiger charge is -2.28. The number of benzene rings is 1. The van der Waals surface area contributed by atoms with Gasteiger partial charge >= 0.3 is 0 Å². The van der Waals surface area contributed by atoms with E-state index < -0.39 is 16.4 Å². The molecule has 1 aromatic rings. The zero-order valence-electron chi connectivity index (χ0n) is 11.9. The third-order valence-corrected chi connectivity index (χ3v) is 3.92. The van der Waals surface area contributed by atoms with Crippen LogP contribution < -0.4 is 5.73 Å². The summed E-state index contributed by atoms with van der Waals surface area (Å²) in [6, 6.07) is 4.15. The molecule has 1 amide bonds. The van der Waals surface area contributed by atoms with Gasteiger partial charge in [0.15, 0.2) is 0 Å². The first-order valence-corrected chi connectivity index (χ1v) is 6.85. The van der Waals surface area contributed by atoms with Crippen LogP contribution in [0.3, 0.4) is 0 Å². The normalized spacial score (nSPS) is 16.7. The van der Waals surface area contributed by atoms with Crippen molar-refractivity contribution in [1.29, 1.82) is 0 Å². The summed E-state index contributed by atoms with van der Waals surface area (Å²) >= 11 is 0. The molecule has 1 aromatic carbocycles. The largest absolute Gasteiger partial charge is 0.393 e. The molecule has 0 aliphatic heterocycles. The SMILES string of the molecule is CN(CC1(O)CCCC1)C(=O)c1cccc([N+](=O)[O-])c1N. The minimum Gasteiger partial charge on any atom is -0.393 e. The smallest absolute Gasteiger partial charge is 0.292 e. The van der Waals surface area contributed by atoms with Gasteiger partial charge in [-0.25, -0.2) is 0 Å². The third kappa shape index (κ3) is 3.13. The number of nitrogens with two attached hydrogens (primary N) is 1. The molecule has 2 rings (SSSR count). The Bertz CT molecular complexity index is 567. The van der Waals surface area contributed by atoms with Crippen LogP contribution in [0.4, 0.5) is 11.4 Å². The number of hydrogen-bond acceptors (Lipinski definition) is 5. The summed E-state index contributed by atoms with van der Waals surface area (Å²) in [5.41, 5.74) is 4.52. The zero-order valence-corrected chi connectivity index (χ0v) is 11.9. The fourth-order valence-electron chi connectivity index (χ4n) is 2.81. The van der Waals surface area contributed by atoms with Gasteiger partial charge in [-0.1, -0.05) is 18.9 Å². The minimum absolute atomic E-state index is 0.0910. The first-order chi connectivity index (χ1) is 9.84. The number of nitrogens with zero attached hydrogens (tertiary/aromatic N) is 2. The molecule has 1 aliphatic rings. The van der Waals surface area contributed by atoms with Crippen molar-refractivity contribution in [3.8, 4) is 0 Å². The first kappa shape index (κ1) is 15.2. The highest BCUT2D eigenvalue weighted by molar-refractivity contribution is 6.00. The predicted molar refractivity (Wildman–Crippen MR) is 77.9 cm³/mol. The first-order valence-electron chi connectivity index (χ1n) is 6.85. The highest BCUT2D eigenvalue weighted by atomic mass is 16.6. The van der Waals surface area contributed by atoms with E-state index in [1.54, 1.807) is 7.05 Å². The Balaban J connectivity index is 2.19. The summed E-state index contributed by atoms with van der Waals surface area (Å²) in [5, 5.41) is 21.2. The number of likely N-dealkylation sites (N-methyl/N-ethyl adjacent to an activating group) is 1. The Morgan fingerprint density at radius 1 is 1.48 bits per heavy atom. The maximum Gasteiger partial charge on any atom is 0.292 e. The van der Waals surface area contributed by atoms with Crippen LogP contribution in [0.25, 0.3) is 0 Å². The van der Waals surface area contributed by atoms with Crippen LogP contribution in [0.2, 0.25) is 0 Å². The average molecular weight is 293 g/mol. The lowest BCUT2D eigenvalue weighted by Crippen LogP contribution is -2.42. The molecule has 0 unspecified atom stereocenters. The van der Waals surface area contributed by atoms with Gasteiger partial charge in [0.05, 0.1) is 16.1 Å². The van der Waals surface area contributed by atoms with Crippen LogP contribution in [-0.2, 0) is 0 Å². The fourth-order valence-corrected chi connectivity index (χ4v) is 2.81. The van der Waals surface area contributed by atoms with Crippen LogP contribution in [0.1, 0.15) is 36.0 Å². The molecule has 3 N–H and O–H groups in total. The minimum atomic E-state index is -0.861. The molecule has 21 heavy (non-hydrogen) atoms. The zero-order chi connectivity index (χ0) is 15.6. The standard InChI is InChI=1S/C14H19N3O4/c1-16(9-14(19)7-2-3-8-14)13(18)10-5-4-6-11(12(10)15)17(20)21/h4-6,19H,2-3,7-9,15H2,1H3. The van der Waals surface area contributed by atoms with E-state index in [-0.39, 0.29) is 23.5 Å². The molecule has 0 radical (unpaired) electrons. The van der Waals surface area contributed by atoms with Gasteiger partial charge in [-0.3, -0.25) is 14.9 Å². The van der Waals surface area contributed by atoms with Gasteiger partial charge in [0.2, 0.25) is 0 Å². The van der Waals surface area contributed by atoms with E-state index in [0.717, 1.165) is 12.8 Å². The molecule has 0 heterocycles. The number of rotatable bonds is 4. The van der Waals surface area contributed by atoms with Gasteiger partial charge in [-0.2, -0.15) is 0 Å². The number of nitro groups is 1. The monoisotopic (exact) mass is 293 g/mol. The molecule has 0 saturated heterocycles. The number of aliphatic hydroxyl groups is 1. The second kappa shape index (κ2) is 5.69. The molecule has 7 nitrogen and oxygen atoms in total. The Morgan fingerprint density at radius 2 is 2.10 bits per heavy atom.